The minimum atomic E-state index is -0.872. The average molecular weight is 464 g/mol. The molecule has 0 saturated carbocycles. The number of primary amides is 1. The molecule has 9 nitrogen and oxygen atoms in total. The summed E-state index contributed by atoms with van der Waals surface area (Å²) in [5.74, 6) is -2.01. The van der Waals surface area contributed by atoms with Crippen molar-refractivity contribution in [3.8, 4) is 0 Å². The third-order valence-electron chi connectivity index (χ3n) is 5.46. The van der Waals surface area contributed by atoms with Gasteiger partial charge in [-0.05, 0) is 19.4 Å². The average Bonchev–Trinajstić information content (AvgIpc) is 2.78. The van der Waals surface area contributed by atoms with Crippen molar-refractivity contribution in [3.63, 3.8) is 0 Å². The molecule has 0 spiro atoms. The maximum absolute atomic E-state index is 14.7. The van der Waals surface area contributed by atoms with Crippen LogP contribution in [0.1, 0.15) is 43.5 Å². The maximum Gasteiger partial charge on any atom is 0.252 e. The molecular weight excluding hydrogens is 432 g/mol. The van der Waals surface area contributed by atoms with Gasteiger partial charge in [-0.15, -0.1) is 0 Å². The third kappa shape index (κ3) is 6.26. The van der Waals surface area contributed by atoms with E-state index in [4.69, 9.17) is 16.2 Å². The predicted octanol–water partition coefficient (Wildman–Crippen LogP) is 2.75. The molecule has 11 heteroatoms. The number of nitrogens with one attached hydrogen (secondary N) is 2. The molecule has 1 fully saturated rings. The lowest BCUT2D eigenvalue weighted by Gasteiger charge is -2.28. The third-order valence-corrected chi connectivity index (χ3v) is 5.46. The minimum Gasteiger partial charge on any atom is -0.378 e. The fourth-order valence-electron chi connectivity index (χ4n) is 3.58. The number of rotatable bonds is 10. The Bertz CT molecular complexity index is 968. The number of hydrogen-bond donors (Lipinski definition) is 4. The van der Waals surface area contributed by atoms with E-state index in [0.717, 1.165) is 25.3 Å². The molecule has 1 amide bonds. The summed E-state index contributed by atoms with van der Waals surface area (Å²) in [4.78, 5) is 22.1. The van der Waals surface area contributed by atoms with Crippen LogP contribution in [0.4, 0.5) is 31.9 Å². The van der Waals surface area contributed by atoms with Gasteiger partial charge in [0.1, 0.15) is 5.82 Å². The molecule has 3 rings (SSSR count). The number of aromatic nitrogens is 2. The van der Waals surface area contributed by atoms with E-state index in [-0.39, 0.29) is 40.8 Å². The molecule has 0 aromatic carbocycles. The van der Waals surface area contributed by atoms with Crippen LogP contribution in [-0.2, 0) is 4.74 Å². The van der Waals surface area contributed by atoms with Crippen LogP contribution >= 0.6 is 0 Å². The molecule has 1 aliphatic heterocycles. The van der Waals surface area contributed by atoms with Crippen LogP contribution in [0.5, 0.6) is 0 Å². The summed E-state index contributed by atoms with van der Waals surface area (Å²) in [7, 11) is 0. The van der Waals surface area contributed by atoms with Gasteiger partial charge in [-0.25, -0.2) is 18.7 Å². The zero-order chi connectivity index (χ0) is 24.0. The second-order valence-electron chi connectivity index (χ2n) is 8.09. The fourth-order valence-corrected chi connectivity index (χ4v) is 3.58. The van der Waals surface area contributed by atoms with Crippen molar-refractivity contribution < 1.29 is 18.3 Å². The summed E-state index contributed by atoms with van der Waals surface area (Å²) in [6, 6.07) is 1.78. The Morgan fingerprint density at radius 3 is 2.58 bits per heavy atom. The lowest BCUT2D eigenvalue weighted by atomic mass is 10.0. The summed E-state index contributed by atoms with van der Waals surface area (Å²) in [5.41, 5.74) is 11.5. The van der Waals surface area contributed by atoms with Gasteiger partial charge in [0, 0.05) is 31.2 Å². The lowest BCUT2D eigenvalue weighted by molar-refractivity contribution is 0.100. The number of pyridine rings is 2. The number of carbonyl (C=O) groups is 1. The Hall–Kier alpha value is -3.05. The largest absolute Gasteiger partial charge is 0.378 e. The number of carbonyl (C=O) groups excluding carboxylic acids is 1. The Balaban J connectivity index is 1.87. The van der Waals surface area contributed by atoms with Gasteiger partial charge < -0.3 is 31.7 Å². The molecule has 3 heterocycles. The monoisotopic (exact) mass is 463 g/mol. The molecule has 2 aromatic heterocycles. The summed E-state index contributed by atoms with van der Waals surface area (Å²) in [5, 5.41) is 5.87. The number of morpholine rings is 1. The molecule has 1 saturated heterocycles. The number of hydrogen-bond acceptors (Lipinski definition) is 8. The highest BCUT2D eigenvalue weighted by atomic mass is 19.1. The molecule has 6 N–H and O–H groups in total. The van der Waals surface area contributed by atoms with Crippen molar-refractivity contribution in [1.29, 1.82) is 0 Å². The summed E-state index contributed by atoms with van der Waals surface area (Å²) in [6.45, 7) is 5.95. The van der Waals surface area contributed by atoms with Gasteiger partial charge in [0.2, 0.25) is 0 Å². The SMILES string of the molecule is CCCC[C@@H](Nc1nc(Nc2cnc(N3CCOCC3)c(F)c2)c(C(N)=O)cc1F)[C@H](C)N. The van der Waals surface area contributed by atoms with E-state index >= 15 is 0 Å². The lowest BCUT2D eigenvalue weighted by Crippen LogP contribution is -2.38. The molecular formula is C22H31F2N7O2. The second-order valence-corrected chi connectivity index (χ2v) is 8.09. The molecule has 33 heavy (non-hydrogen) atoms. The second kappa shape index (κ2) is 11.2. The van der Waals surface area contributed by atoms with Crippen molar-refractivity contribution in [2.45, 2.75) is 45.2 Å². The minimum absolute atomic E-state index is 0.00867. The van der Waals surface area contributed by atoms with Gasteiger partial charge >= 0.3 is 0 Å². The van der Waals surface area contributed by atoms with Crippen LogP contribution in [0.25, 0.3) is 0 Å². The van der Waals surface area contributed by atoms with Gasteiger partial charge in [0.25, 0.3) is 5.91 Å². The Morgan fingerprint density at radius 2 is 1.97 bits per heavy atom. The highest BCUT2D eigenvalue weighted by Gasteiger charge is 2.21. The van der Waals surface area contributed by atoms with Crippen LogP contribution < -0.4 is 27.0 Å². The first-order valence-corrected chi connectivity index (χ1v) is 11.1. The van der Waals surface area contributed by atoms with E-state index in [0.29, 0.717) is 26.3 Å². The molecule has 2 aromatic rings. The number of amides is 1. The molecule has 180 valence electrons. The predicted molar refractivity (Wildman–Crippen MR) is 124 cm³/mol. The number of nitrogens with zero attached hydrogens (tertiary/aromatic N) is 3. The van der Waals surface area contributed by atoms with Gasteiger partial charge in [-0.2, -0.15) is 0 Å². The quantitative estimate of drug-likeness (QED) is 0.423. The Morgan fingerprint density at radius 1 is 1.24 bits per heavy atom. The van der Waals surface area contributed by atoms with Crippen LogP contribution in [-0.4, -0.2) is 54.3 Å². The van der Waals surface area contributed by atoms with Crippen LogP contribution in [0, 0.1) is 11.6 Å². The number of anilines is 4. The van der Waals surface area contributed by atoms with Gasteiger partial charge in [-0.1, -0.05) is 19.8 Å². The van der Waals surface area contributed by atoms with Crippen molar-refractivity contribution in [3.05, 3.63) is 35.5 Å². The topological polar surface area (TPSA) is 131 Å². The van der Waals surface area contributed by atoms with Crippen molar-refractivity contribution in [2.24, 2.45) is 11.5 Å². The van der Waals surface area contributed by atoms with Crippen LogP contribution in [0.2, 0.25) is 0 Å². The number of ether oxygens (including phenoxy) is 1. The van der Waals surface area contributed by atoms with E-state index in [2.05, 4.69) is 27.5 Å². The standard InChI is InChI=1S/C22H31F2N7O2/c1-3-4-5-18(13(2)25)29-21-16(23)11-15(19(26)32)20(30-21)28-14-10-17(24)22(27-12-14)31-6-8-33-9-7-31/h10-13,18H,3-9,25H2,1-2H3,(H2,26,32)(H2,28,29,30)/t13-,18+/m0/s1. The maximum atomic E-state index is 14.7. The first-order chi connectivity index (χ1) is 15.8. The molecule has 0 bridgehead atoms. The van der Waals surface area contributed by atoms with Crippen LogP contribution in [0.3, 0.4) is 0 Å². The van der Waals surface area contributed by atoms with Crippen molar-refractivity contribution >= 4 is 29.0 Å². The van der Waals surface area contributed by atoms with Gasteiger partial charge in [0.05, 0.1) is 30.7 Å². The smallest absolute Gasteiger partial charge is 0.252 e. The number of unbranched alkanes of at least 4 members (excludes halogenated alkanes) is 1. The molecule has 0 unspecified atom stereocenters. The molecule has 0 aliphatic carbocycles. The highest BCUT2D eigenvalue weighted by Crippen LogP contribution is 2.27. The molecule has 1 aliphatic rings. The fraction of sp³-hybridized carbons (Fsp3) is 0.500. The van der Waals surface area contributed by atoms with Crippen LogP contribution in [0.15, 0.2) is 18.3 Å². The Labute approximate surface area is 191 Å². The van der Waals surface area contributed by atoms with E-state index in [1.165, 1.54) is 12.3 Å². The first-order valence-electron chi connectivity index (χ1n) is 11.1. The number of nitrogens with two attached hydrogens (primary N) is 2. The zero-order valence-corrected chi connectivity index (χ0v) is 18.9. The normalized spacial score (nSPS) is 15.7. The van der Waals surface area contributed by atoms with E-state index in [1.54, 1.807) is 4.90 Å². The Kier molecular flexibility index (Phi) is 8.34. The first kappa shape index (κ1) is 24.6. The van der Waals surface area contributed by atoms with Gasteiger partial charge in [0.15, 0.2) is 23.3 Å². The highest BCUT2D eigenvalue weighted by molar-refractivity contribution is 5.98. The molecule has 0 radical (unpaired) electrons. The van der Waals surface area contributed by atoms with E-state index in [1.807, 2.05) is 6.92 Å². The van der Waals surface area contributed by atoms with E-state index < -0.39 is 17.5 Å². The van der Waals surface area contributed by atoms with E-state index in [9.17, 15) is 13.6 Å². The summed E-state index contributed by atoms with van der Waals surface area (Å²) >= 11 is 0. The zero-order valence-electron chi connectivity index (χ0n) is 18.9. The number of halogens is 2. The summed E-state index contributed by atoms with van der Waals surface area (Å²) < 4.78 is 34.7. The van der Waals surface area contributed by atoms with Gasteiger partial charge in [-0.3, -0.25) is 4.79 Å². The van der Waals surface area contributed by atoms with Crippen molar-refractivity contribution in [2.75, 3.05) is 41.8 Å². The molecule has 2 atom stereocenters. The summed E-state index contributed by atoms with van der Waals surface area (Å²) in [6.07, 6.45) is 4.02. The van der Waals surface area contributed by atoms with Crippen molar-refractivity contribution in [1.82, 2.24) is 9.97 Å².